The second kappa shape index (κ2) is 8.42. The van der Waals surface area contributed by atoms with Crippen molar-refractivity contribution in [2.45, 2.75) is 30.3 Å². The molecule has 0 bridgehead atoms. The molecule has 0 aliphatic rings. The molecule has 4 nitrogen and oxygen atoms in total. The van der Waals surface area contributed by atoms with Gasteiger partial charge in [0.15, 0.2) is 11.0 Å². The maximum atomic E-state index is 13.4. The average Bonchev–Trinajstić information content (AvgIpc) is 3.05. The topological polar surface area (TPSA) is 35.2 Å². The van der Waals surface area contributed by atoms with Crippen molar-refractivity contribution in [1.29, 1.82) is 0 Å². The van der Waals surface area contributed by atoms with Crippen molar-refractivity contribution in [1.82, 2.24) is 14.8 Å². The normalized spacial score (nSPS) is 13.7. The number of halogens is 2. The van der Waals surface area contributed by atoms with Crippen molar-refractivity contribution in [3.63, 3.8) is 0 Å². The van der Waals surface area contributed by atoms with Gasteiger partial charge >= 0.3 is 0 Å². The number of nitrogens with one attached hydrogen (secondary N) is 1. The Labute approximate surface area is 168 Å². The van der Waals surface area contributed by atoms with Crippen LogP contribution in [0.25, 0.3) is 5.69 Å². The van der Waals surface area contributed by atoms with Gasteiger partial charge in [0.2, 0.25) is 0 Å². The zero-order chi connectivity index (χ0) is 19.6. The van der Waals surface area contributed by atoms with Gasteiger partial charge in [-0.15, -0.1) is 10.2 Å². The quantitative estimate of drug-likeness (QED) is 0.626. The van der Waals surface area contributed by atoms with Gasteiger partial charge in [-0.1, -0.05) is 41.6 Å². The molecule has 0 spiro atoms. The van der Waals surface area contributed by atoms with E-state index in [4.69, 9.17) is 11.6 Å². The SMILES string of the molecule is C[C@H](Sc1nnc([C@@H](C)[NH+](C)C)n1-c1ccc(F)cc1)c1ccccc1Cl. The first-order valence-corrected chi connectivity index (χ1v) is 10.1. The molecular weight excluding hydrogens is 383 g/mol. The molecule has 0 aliphatic heterocycles. The molecular formula is C20H23ClFN4S+. The van der Waals surface area contributed by atoms with Gasteiger partial charge < -0.3 is 4.90 Å². The number of quaternary nitrogens is 1. The van der Waals surface area contributed by atoms with Crippen molar-refractivity contribution in [2.75, 3.05) is 14.1 Å². The van der Waals surface area contributed by atoms with Gasteiger partial charge in [-0.2, -0.15) is 0 Å². The Balaban J connectivity index is 2.02. The predicted octanol–water partition coefficient (Wildman–Crippen LogP) is 4.12. The van der Waals surface area contributed by atoms with Crippen LogP contribution in [0.3, 0.4) is 0 Å². The van der Waals surface area contributed by atoms with Crippen molar-refractivity contribution in [3.05, 3.63) is 70.8 Å². The van der Waals surface area contributed by atoms with Crippen molar-refractivity contribution < 1.29 is 9.29 Å². The highest BCUT2D eigenvalue weighted by Gasteiger charge is 2.25. The molecule has 0 unspecified atom stereocenters. The van der Waals surface area contributed by atoms with Crippen LogP contribution in [0.1, 0.15) is 36.5 Å². The summed E-state index contributed by atoms with van der Waals surface area (Å²) in [4.78, 5) is 1.24. The Hall–Kier alpha value is -1.89. The van der Waals surface area contributed by atoms with Crippen molar-refractivity contribution in [2.24, 2.45) is 0 Å². The minimum absolute atomic E-state index is 0.0944. The fraction of sp³-hybridized carbons (Fsp3) is 0.300. The molecule has 142 valence electrons. The first-order chi connectivity index (χ1) is 12.9. The van der Waals surface area contributed by atoms with Crippen LogP contribution in [-0.2, 0) is 0 Å². The van der Waals surface area contributed by atoms with Crippen molar-refractivity contribution >= 4 is 23.4 Å². The molecule has 27 heavy (non-hydrogen) atoms. The van der Waals surface area contributed by atoms with Gasteiger partial charge in [0, 0.05) is 16.0 Å². The molecule has 3 aromatic rings. The van der Waals surface area contributed by atoms with E-state index in [0.29, 0.717) is 0 Å². The van der Waals surface area contributed by atoms with E-state index in [1.807, 2.05) is 28.8 Å². The van der Waals surface area contributed by atoms with Gasteiger partial charge in [-0.25, -0.2) is 4.39 Å². The van der Waals surface area contributed by atoms with Gasteiger partial charge in [0.1, 0.15) is 11.9 Å². The lowest BCUT2D eigenvalue weighted by Crippen LogP contribution is -3.05. The molecule has 0 radical (unpaired) electrons. The Morgan fingerprint density at radius 1 is 1.04 bits per heavy atom. The molecule has 1 aromatic heterocycles. The Kier molecular flexibility index (Phi) is 6.19. The van der Waals surface area contributed by atoms with E-state index < -0.39 is 0 Å². The molecule has 1 heterocycles. The monoisotopic (exact) mass is 405 g/mol. The minimum atomic E-state index is -0.265. The van der Waals surface area contributed by atoms with E-state index >= 15 is 0 Å². The molecule has 2 aromatic carbocycles. The maximum Gasteiger partial charge on any atom is 0.196 e. The smallest absolute Gasteiger partial charge is 0.196 e. The summed E-state index contributed by atoms with van der Waals surface area (Å²) in [6.07, 6.45) is 0. The average molecular weight is 406 g/mol. The van der Waals surface area contributed by atoms with E-state index in [-0.39, 0.29) is 17.1 Å². The zero-order valence-corrected chi connectivity index (χ0v) is 17.4. The Morgan fingerprint density at radius 3 is 2.33 bits per heavy atom. The summed E-state index contributed by atoms with van der Waals surface area (Å²) in [7, 11) is 4.15. The minimum Gasteiger partial charge on any atom is -0.331 e. The van der Waals surface area contributed by atoms with E-state index in [1.165, 1.54) is 17.0 Å². The Bertz CT molecular complexity index is 911. The fourth-order valence-electron chi connectivity index (χ4n) is 2.76. The zero-order valence-electron chi connectivity index (χ0n) is 15.8. The molecule has 1 N–H and O–H groups in total. The molecule has 0 saturated heterocycles. The summed E-state index contributed by atoms with van der Waals surface area (Å²) in [5.41, 5.74) is 1.89. The highest BCUT2D eigenvalue weighted by Crippen LogP contribution is 2.38. The third-order valence-corrected chi connectivity index (χ3v) is 6.05. The third-order valence-electron chi connectivity index (χ3n) is 4.62. The van der Waals surface area contributed by atoms with E-state index in [0.717, 1.165) is 27.3 Å². The molecule has 7 heteroatoms. The highest BCUT2D eigenvalue weighted by atomic mass is 35.5. The number of benzene rings is 2. The standard InChI is InChI=1S/C20H22ClFN4S/c1-13(25(3)4)19-23-24-20(26(19)16-11-9-15(22)10-12-16)27-14(2)17-7-5-6-8-18(17)21/h5-14H,1-4H3/p+1/t13-,14+/m1/s1. The van der Waals surface area contributed by atoms with Gasteiger partial charge in [-0.3, -0.25) is 4.57 Å². The number of nitrogens with zero attached hydrogens (tertiary/aromatic N) is 3. The van der Waals surface area contributed by atoms with Crippen molar-refractivity contribution in [3.8, 4) is 5.69 Å². The predicted molar refractivity (Wildman–Crippen MR) is 108 cm³/mol. The summed E-state index contributed by atoms with van der Waals surface area (Å²) in [5, 5.41) is 10.5. The van der Waals surface area contributed by atoms with Crippen LogP contribution in [0.4, 0.5) is 4.39 Å². The number of hydrogen-bond donors (Lipinski definition) is 1. The lowest BCUT2D eigenvalue weighted by molar-refractivity contribution is -0.890. The molecule has 2 atom stereocenters. The molecule has 3 rings (SSSR count). The van der Waals surface area contributed by atoms with Crippen LogP contribution < -0.4 is 4.90 Å². The van der Waals surface area contributed by atoms with E-state index in [2.05, 4.69) is 38.1 Å². The molecule has 0 fully saturated rings. The van der Waals surface area contributed by atoms with Crippen LogP contribution in [0, 0.1) is 5.82 Å². The largest absolute Gasteiger partial charge is 0.331 e. The van der Waals surface area contributed by atoms with Crippen LogP contribution >= 0.6 is 23.4 Å². The maximum absolute atomic E-state index is 13.4. The first kappa shape index (κ1) is 19.9. The van der Waals surface area contributed by atoms with E-state index in [1.54, 1.807) is 23.9 Å². The lowest BCUT2D eigenvalue weighted by atomic mass is 10.2. The van der Waals surface area contributed by atoms with Crippen LogP contribution in [0.15, 0.2) is 53.7 Å². The summed E-state index contributed by atoms with van der Waals surface area (Å²) in [6.45, 7) is 4.20. The fourth-order valence-corrected chi connectivity index (χ4v) is 4.16. The van der Waals surface area contributed by atoms with Gasteiger partial charge in [0.05, 0.1) is 14.1 Å². The van der Waals surface area contributed by atoms with Gasteiger partial charge in [-0.05, 0) is 49.7 Å². The van der Waals surface area contributed by atoms with Crippen LogP contribution in [0.5, 0.6) is 0 Å². The second-order valence-corrected chi connectivity index (χ2v) is 8.45. The van der Waals surface area contributed by atoms with Gasteiger partial charge in [0.25, 0.3) is 0 Å². The highest BCUT2D eigenvalue weighted by molar-refractivity contribution is 7.99. The summed E-state index contributed by atoms with van der Waals surface area (Å²) < 4.78 is 15.4. The first-order valence-electron chi connectivity index (χ1n) is 8.81. The number of hydrogen-bond acceptors (Lipinski definition) is 3. The van der Waals surface area contributed by atoms with Crippen LogP contribution in [-0.4, -0.2) is 28.9 Å². The number of thioether (sulfide) groups is 1. The van der Waals surface area contributed by atoms with E-state index in [9.17, 15) is 4.39 Å². The third kappa shape index (κ3) is 4.34. The molecule has 0 aliphatic carbocycles. The summed E-state index contributed by atoms with van der Waals surface area (Å²) in [6, 6.07) is 14.4. The molecule has 0 amide bonds. The number of rotatable bonds is 6. The summed E-state index contributed by atoms with van der Waals surface area (Å²) in [5.74, 6) is 0.578. The summed E-state index contributed by atoms with van der Waals surface area (Å²) >= 11 is 7.94. The van der Waals surface area contributed by atoms with Crippen LogP contribution in [0.2, 0.25) is 5.02 Å². The number of aromatic nitrogens is 3. The second-order valence-electron chi connectivity index (χ2n) is 6.73. The lowest BCUT2D eigenvalue weighted by Gasteiger charge is -2.19. The Morgan fingerprint density at radius 2 is 1.70 bits per heavy atom. The molecule has 0 saturated carbocycles.